The predicted octanol–water partition coefficient (Wildman–Crippen LogP) is 3.04. The van der Waals surface area contributed by atoms with Gasteiger partial charge in [-0.3, -0.25) is 4.79 Å². The predicted molar refractivity (Wildman–Crippen MR) is 90.2 cm³/mol. The smallest absolute Gasteiger partial charge is 0.263 e. The molecule has 1 fully saturated rings. The van der Waals surface area contributed by atoms with Crippen molar-refractivity contribution in [3.63, 3.8) is 0 Å². The van der Waals surface area contributed by atoms with Gasteiger partial charge in [-0.2, -0.15) is 0 Å². The Morgan fingerprint density at radius 3 is 2.73 bits per heavy atom. The molecule has 0 aliphatic carbocycles. The number of ether oxygens (including phenoxy) is 1. The highest BCUT2D eigenvalue weighted by atomic mass is 19.2. The monoisotopic (exact) mass is 364 g/mol. The lowest BCUT2D eigenvalue weighted by molar-refractivity contribution is -0.141. The molecule has 2 unspecified atom stereocenters. The lowest BCUT2D eigenvalue weighted by atomic mass is 10.0. The summed E-state index contributed by atoms with van der Waals surface area (Å²) in [6, 6.07) is 8.90. The molecule has 0 aromatic heterocycles. The average molecular weight is 364 g/mol. The fourth-order valence-electron chi connectivity index (χ4n) is 3.02. The zero-order valence-electron chi connectivity index (χ0n) is 14.2. The quantitative estimate of drug-likeness (QED) is 0.907. The van der Waals surface area contributed by atoms with Crippen LogP contribution in [0.15, 0.2) is 42.5 Å². The van der Waals surface area contributed by atoms with Crippen molar-refractivity contribution in [2.75, 3.05) is 19.6 Å². The topological polar surface area (TPSA) is 41.6 Å². The molecule has 138 valence electrons. The minimum atomic E-state index is -1.04. The molecule has 0 radical (unpaired) electrons. The van der Waals surface area contributed by atoms with Crippen LogP contribution in [0.1, 0.15) is 18.5 Å². The van der Waals surface area contributed by atoms with Crippen molar-refractivity contribution in [1.29, 1.82) is 0 Å². The van der Waals surface area contributed by atoms with Gasteiger partial charge in [-0.15, -0.1) is 0 Å². The Kier molecular flexibility index (Phi) is 5.46. The number of hydrogen-bond acceptors (Lipinski definition) is 3. The summed E-state index contributed by atoms with van der Waals surface area (Å²) in [6.45, 7) is 3.09. The highest BCUT2D eigenvalue weighted by molar-refractivity contribution is 5.81. The highest BCUT2D eigenvalue weighted by Crippen LogP contribution is 2.25. The van der Waals surface area contributed by atoms with Crippen molar-refractivity contribution in [1.82, 2.24) is 10.2 Å². The molecule has 4 nitrogen and oxygen atoms in total. The summed E-state index contributed by atoms with van der Waals surface area (Å²) in [6.07, 6.45) is -0.894. The minimum absolute atomic E-state index is 0.0715. The van der Waals surface area contributed by atoms with Gasteiger partial charge in [0.1, 0.15) is 11.6 Å². The first-order chi connectivity index (χ1) is 12.5. The molecule has 1 aliphatic heterocycles. The van der Waals surface area contributed by atoms with E-state index in [0.717, 1.165) is 12.1 Å². The molecule has 1 aliphatic rings. The molecule has 0 saturated carbocycles. The number of amides is 1. The molecule has 3 rings (SSSR count). The van der Waals surface area contributed by atoms with Crippen molar-refractivity contribution >= 4 is 5.91 Å². The summed E-state index contributed by atoms with van der Waals surface area (Å²) in [5, 5.41) is 3.19. The van der Waals surface area contributed by atoms with E-state index in [4.69, 9.17) is 4.74 Å². The Morgan fingerprint density at radius 2 is 2.00 bits per heavy atom. The molecule has 0 bridgehead atoms. The van der Waals surface area contributed by atoms with Crippen LogP contribution in [-0.4, -0.2) is 36.5 Å². The lowest BCUT2D eigenvalue weighted by Crippen LogP contribution is -2.52. The van der Waals surface area contributed by atoms with Crippen LogP contribution in [0.4, 0.5) is 13.2 Å². The van der Waals surface area contributed by atoms with Crippen LogP contribution in [0.2, 0.25) is 0 Å². The van der Waals surface area contributed by atoms with E-state index < -0.39 is 17.7 Å². The number of benzene rings is 2. The van der Waals surface area contributed by atoms with E-state index in [-0.39, 0.29) is 23.5 Å². The molecule has 7 heteroatoms. The van der Waals surface area contributed by atoms with Gasteiger partial charge < -0.3 is 15.0 Å². The van der Waals surface area contributed by atoms with Crippen LogP contribution in [0.5, 0.6) is 5.75 Å². The van der Waals surface area contributed by atoms with Crippen LogP contribution in [0.3, 0.4) is 0 Å². The fraction of sp³-hybridized carbons (Fsp3) is 0.316. The van der Waals surface area contributed by atoms with Gasteiger partial charge in [0.25, 0.3) is 5.91 Å². The normalized spacial score (nSPS) is 18.5. The number of nitrogens with zero attached hydrogens (tertiary/aromatic N) is 1. The maximum atomic E-state index is 13.6. The van der Waals surface area contributed by atoms with Crippen LogP contribution >= 0.6 is 0 Å². The SMILES string of the molecule is CC(Oc1ccc(F)c(F)c1)C(=O)N1CCNCC1c1cccc(F)c1. The maximum Gasteiger partial charge on any atom is 0.263 e. The summed E-state index contributed by atoms with van der Waals surface area (Å²) in [5.41, 5.74) is 0.686. The molecule has 2 aromatic carbocycles. The molecule has 1 N–H and O–H groups in total. The molecule has 0 spiro atoms. The zero-order valence-corrected chi connectivity index (χ0v) is 14.2. The maximum absolute atomic E-state index is 13.6. The van der Waals surface area contributed by atoms with Gasteiger partial charge >= 0.3 is 0 Å². The van der Waals surface area contributed by atoms with E-state index in [0.29, 0.717) is 25.2 Å². The second kappa shape index (κ2) is 7.78. The van der Waals surface area contributed by atoms with Gasteiger partial charge in [0, 0.05) is 25.7 Å². The Hall–Kier alpha value is -2.54. The van der Waals surface area contributed by atoms with Crippen molar-refractivity contribution in [2.45, 2.75) is 19.1 Å². The number of rotatable bonds is 4. The molecule has 2 aromatic rings. The summed E-state index contributed by atoms with van der Waals surface area (Å²) >= 11 is 0. The van der Waals surface area contributed by atoms with Gasteiger partial charge in [-0.05, 0) is 36.8 Å². The number of carbonyl (C=O) groups is 1. The van der Waals surface area contributed by atoms with Gasteiger partial charge in [-0.1, -0.05) is 12.1 Å². The van der Waals surface area contributed by atoms with E-state index in [1.54, 1.807) is 24.0 Å². The standard InChI is InChI=1S/C19H19F3N2O2/c1-12(26-15-5-6-16(21)17(22)10-15)19(25)24-8-7-23-11-18(24)13-3-2-4-14(20)9-13/h2-6,9-10,12,18,23H,7-8,11H2,1H3. The first-order valence-corrected chi connectivity index (χ1v) is 8.34. The fourth-order valence-corrected chi connectivity index (χ4v) is 3.02. The van der Waals surface area contributed by atoms with Crippen LogP contribution in [-0.2, 0) is 4.79 Å². The van der Waals surface area contributed by atoms with Crippen molar-refractivity contribution in [3.05, 3.63) is 65.5 Å². The highest BCUT2D eigenvalue weighted by Gasteiger charge is 2.31. The molecular formula is C19H19F3N2O2. The van der Waals surface area contributed by atoms with Crippen molar-refractivity contribution < 1.29 is 22.7 Å². The molecule has 1 heterocycles. The third-order valence-corrected chi connectivity index (χ3v) is 4.31. The first-order valence-electron chi connectivity index (χ1n) is 8.34. The van der Waals surface area contributed by atoms with E-state index in [1.165, 1.54) is 18.2 Å². The van der Waals surface area contributed by atoms with Crippen LogP contribution in [0.25, 0.3) is 0 Å². The average Bonchev–Trinajstić information content (AvgIpc) is 2.64. The summed E-state index contributed by atoms with van der Waals surface area (Å²) in [7, 11) is 0. The number of nitrogens with one attached hydrogen (secondary N) is 1. The Bertz CT molecular complexity index is 800. The van der Waals surface area contributed by atoms with E-state index >= 15 is 0 Å². The molecule has 2 atom stereocenters. The summed E-state index contributed by atoms with van der Waals surface area (Å²) < 4.78 is 45.4. The van der Waals surface area contributed by atoms with Crippen molar-refractivity contribution in [3.8, 4) is 5.75 Å². The largest absolute Gasteiger partial charge is 0.481 e. The first kappa shape index (κ1) is 18.3. The molecule has 26 heavy (non-hydrogen) atoms. The Morgan fingerprint density at radius 1 is 1.19 bits per heavy atom. The lowest BCUT2D eigenvalue weighted by Gasteiger charge is -2.38. The number of carbonyl (C=O) groups excluding carboxylic acids is 1. The molecule has 1 saturated heterocycles. The Labute approximate surface area is 149 Å². The van der Waals surface area contributed by atoms with Gasteiger partial charge in [0.05, 0.1) is 6.04 Å². The molecular weight excluding hydrogens is 345 g/mol. The van der Waals surface area contributed by atoms with Crippen molar-refractivity contribution in [2.24, 2.45) is 0 Å². The number of halogens is 3. The minimum Gasteiger partial charge on any atom is -0.481 e. The van der Waals surface area contributed by atoms with E-state index in [2.05, 4.69) is 5.32 Å². The third kappa shape index (κ3) is 3.99. The summed E-state index contributed by atoms with van der Waals surface area (Å²) in [5.74, 6) is -2.62. The molecule has 1 amide bonds. The van der Waals surface area contributed by atoms with E-state index in [9.17, 15) is 18.0 Å². The third-order valence-electron chi connectivity index (χ3n) is 4.31. The Balaban J connectivity index is 1.76. The van der Waals surface area contributed by atoms with Gasteiger partial charge in [-0.25, -0.2) is 13.2 Å². The van der Waals surface area contributed by atoms with Crippen LogP contribution in [0, 0.1) is 17.5 Å². The summed E-state index contributed by atoms with van der Waals surface area (Å²) in [4.78, 5) is 14.5. The second-order valence-electron chi connectivity index (χ2n) is 6.14. The van der Waals surface area contributed by atoms with E-state index in [1.807, 2.05) is 0 Å². The van der Waals surface area contributed by atoms with Crippen LogP contribution < -0.4 is 10.1 Å². The zero-order chi connectivity index (χ0) is 18.7. The number of piperazine rings is 1. The van der Waals surface area contributed by atoms with Gasteiger partial charge in [0.2, 0.25) is 0 Å². The second-order valence-corrected chi connectivity index (χ2v) is 6.14. The van der Waals surface area contributed by atoms with Gasteiger partial charge in [0.15, 0.2) is 17.7 Å². The number of hydrogen-bond donors (Lipinski definition) is 1.